The number of aromatic nitrogens is 1. The second-order valence-electron chi connectivity index (χ2n) is 5.99. The van der Waals surface area contributed by atoms with Crippen molar-refractivity contribution in [1.29, 1.82) is 0 Å². The molecule has 1 aromatic heterocycles. The van der Waals surface area contributed by atoms with Gasteiger partial charge in [0.15, 0.2) is 0 Å². The molecule has 3 N–H and O–H groups in total. The van der Waals surface area contributed by atoms with E-state index in [2.05, 4.69) is 27.3 Å². The van der Waals surface area contributed by atoms with E-state index in [4.69, 9.17) is 5.73 Å². The average molecular weight is 310 g/mol. The smallest absolute Gasteiger partial charge is 0.248 e. The number of anilines is 1. The number of primary amides is 1. The molecule has 0 radical (unpaired) electrons. The van der Waals surface area contributed by atoms with Crippen molar-refractivity contribution < 1.29 is 4.79 Å². The van der Waals surface area contributed by atoms with Crippen molar-refractivity contribution in [2.45, 2.75) is 25.4 Å². The van der Waals surface area contributed by atoms with Crippen LogP contribution < -0.4 is 11.1 Å². The molecular weight excluding hydrogens is 288 g/mol. The molecule has 1 fully saturated rings. The number of carbonyl (C=O) groups excluding carboxylic acids is 1. The van der Waals surface area contributed by atoms with Crippen LogP contribution >= 0.6 is 0 Å². The quantitative estimate of drug-likeness (QED) is 0.888. The Morgan fingerprint density at radius 2 is 1.78 bits per heavy atom. The molecular formula is C18H22N4O. The lowest BCUT2D eigenvalue weighted by Gasteiger charge is -2.32. The Bertz CT molecular complexity index is 634. The lowest BCUT2D eigenvalue weighted by Crippen LogP contribution is -2.38. The number of likely N-dealkylation sites (tertiary alicyclic amines) is 1. The standard InChI is InChI=1S/C18H22N4O/c19-18(23)15-1-3-16(4-2-15)21-17-7-11-22(12-8-17)13-14-5-9-20-10-6-14/h1-6,9-10,17,21H,7-8,11-13H2,(H2,19,23). The molecule has 2 aromatic rings. The first kappa shape index (κ1) is 15.5. The van der Waals surface area contributed by atoms with Crippen LogP contribution in [0.15, 0.2) is 48.8 Å². The third-order valence-corrected chi connectivity index (χ3v) is 4.28. The molecule has 0 aliphatic carbocycles. The maximum absolute atomic E-state index is 11.1. The van der Waals surface area contributed by atoms with Gasteiger partial charge in [-0.15, -0.1) is 0 Å². The third-order valence-electron chi connectivity index (χ3n) is 4.28. The Balaban J connectivity index is 1.48. The normalized spacial score (nSPS) is 16.2. The number of carbonyl (C=O) groups is 1. The summed E-state index contributed by atoms with van der Waals surface area (Å²) in [4.78, 5) is 17.6. The van der Waals surface area contributed by atoms with Crippen LogP contribution in [0.4, 0.5) is 5.69 Å². The van der Waals surface area contributed by atoms with Crippen LogP contribution in [0, 0.1) is 0 Å². The highest BCUT2D eigenvalue weighted by Gasteiger charge is 2.19. The Kier molecular flexibility index (Phi) is 4.88. The van der Waals surface area contributed by atoms with E-state index in [0.717, 1.165) is 38.2 Å². The van der Waals surface area contributed by atoms with Crippen LogP contribution in [0.3, 0.4) is 0 Å². The number of pyridine rings is 1. The SMILES string of the molecule is NC(=O)c1ccc(NC2CCN(Cc3ccncc3)CC2)cc1. The fourth-order valence-corrected chi connectivity index (χ4v) is 2.95. The zero-order chi connectivity index (χ0) is 16.1. The van der Waals surface area contributed by atoms with Crippen LogP contribution in [0.25, 0.3) is 0 Å². The van der Waals surface area contributed by atoms with Crippen molar-refractivity contribution in [1.82, 2.24) is 9.88 Å². The monoisotopic (exact) mass is 310 g/mol. The van der Waals surface area contributed by atoms with Gasteiger partial charge in [-0.25, -0.2) is 0 Å². The molecule has 1 aliphatic rings. The lowest BCUT2D eigenvalue weighted by molar-refractivity contribution is 0.100. The van der Waals surface area contributed by atoms with Gasteiger partial charge < -0.3 is 11.1 Å². The van der Waals surface area contributed by atoms with Gasteiger partial charge in [-0.3, -0.25) is 14.7 Å². The summed E-state index contributed by atoms with van der Waals surface area (Å²) in [5.41, 5.74) is 8.16. The van der Waals surface area contributed by atoms with Crippen LogP contribution in [-0.4, -0.2) is 34.9 Å². The summed E-state index contributed by atoms with van der Waals surface area (Å²) in [5, 5.41) is 3.54. The number of amides is 1. The summed E-state index contributed by atoms with van der Waals surface area (Å²) in [7, 11) is 0. The molecule has 5 heteroatoms. The fraction of sp³-hybridized carbons (Fsp3) is 0.333. The van der Waals surface area contributed by atoms with E-state index in [-0.39, 0.29) is 5.91 Å². The van der Waals surface area contributed by atoms with Gasteiger partial charge in [0, 0.05) is 49.3 Å². The van der Waals surface area contributed by atoms with Crippen molar-refractivity contribution in [3.63, 3.8) is 0 Å². The molecule has 0 atom stereocenters. The van der Waals surface area contributed by atoms with Gasteiger partial charge >= 0.3 is 0 Å². The minimum Gasteiger partial charge on any atom is -0.382 e. The average Bonchev–Trinajstić information content (AvgIpc) is 2.58. The van der Waals surface area contributed by atoms with Crippen LogP contribution in [0.1, 0.15) is 28.8 Å². The fourth-order valence-electron chi connectivity index (χ4n) is 2.95. The van der Waals surface area contributed by atoms with Crippen molar-refractivity contribution in [3.8, 4) is 0 Å². The molecule has 2 heterocycles. The maximum Gasteiger partial charge on any atom is 0.248 e. The van der Waals surface area contributed by atoms with Gasteiger partial charge in [0.1, 0.15) is 0 Å². The minimum absolute atomic E-state index is 0.388. The third kappa shape index (κ3) is 4.29. The number of nitrogens with zero attached hydrogens (tertiary/aromatic N) is 2. The second kappa shape index (κ2) is 7.24. The predicted octanol–water partition coefficient (Wildman–Crippen LogP) is 2.26. The summed E-state index contributed by atoms with van der Waals surface area (Å²) >= 11 is 0. The second-order valence-corrected chi connectivity index (χ2v) is 5.99. The Morgan fingerprint density at radius 1 is 1.13 bits per heavy atom. The van der Waals surface area contributed by atoms with Crippen LogP contribution in [0.5, 0.6) is 0 Å². The lowest BCUT2D eigenvalue weighted by atomic mass is 10.0. The van der Waals surface area contributed by atoms with E-state index >= 15 is 0 Å². The molecule has 5 nitrogen and oxygen atoms in total. The molecule has 0 spiro atoms. The van der Waals surface area contributed by atoms with Gasteiger partial charge in [-0.2, -0.15) is 0 Å². The highest BCUT2D eigenvalue weighted by atomic mass is 16.1. The molecule has 1 amide bonds. The number of nitrogens with one attached hydrogen (secondary N) is 1. The highest BCUT2D eigenvalue weighted by Crippen LogP contribution is 2.18. The Labute approximate surface area is 136 Å². The van der Waals surface area contributed by atoms with E-state index in [1.54, 1.807) is 12.1 Å². The van der Waals surface area contributed by atoms with Crippen molar-refractivity contribution in [3.05, 3.63) is 59.9 Å². The van der Waals surface area contributed by atoms with Crippen molar-refractivity contribution in [2.75, 3.05) is 18.4 Å². The topological polar surface area (TPSA) is 71.2 Å². The number of rotatable bonds is 5. The molecule has 1 aromatic carbocycles. The van der Waals surface area contributed by atoms with Crippen LogP contribution in [0.2, 0.25) is 0 Å². The summed E-state index contributed by atoms with van der Waals surface area (Å²) < 4.78 is 0. The summed E-state index contributed by atoms with van der Waals surface area (Å²) in [6.45, 7) is 3.15. The van der Waals surface area contributed by atoms with E-state index in [1.165, 1.54) is 5.56 Å². The Morgan fingerprint density at radius 3 is 2.39 bits per heavy atom. The molecule has 120 valence electrons. The number of piperidine rings is 1. The number of hydrogen-bond acceptors (Lipinski definition) is 4. The van der Waals surface area contributed by atoms with Gasteiger partial charge in [0.05, 0.1) is 0 Å². The first-order chi connectivity index (χ1) is 11.2. The molecule has 0 saturated carbocycles. The predicted molar refractivity (Wildman–Crippen MR) is 91.1 cm³/mol. The van der Waals surface area contributed by atoms with Gasteiger partial charge in [-0.1, -0.05) is 0 Å². The molecule has 3 rings (SSSR count). The van der Waals surface area contributed by atoms with E-state index in [9.17, 15) is 4.79 Å². The minimum atomic E-state index is -0.388. The van der Waals surface area contributed by atoms with Gasteiger partial charge in [0.2, 0.25) is 5.91 Å². The zero-order valence-electron chi connectivity index (χ0n) is 13.1. The van der Waals surface area contributed by atoms with E-state index in [0.29, 0.717) is 11.6 Å². The van der Waals surface area contributed by atoms with Crippen molar-refractivity contribution >= 4 is 11.6 Å². The highest BCUT2D eigenvalue weighted by molar-refractivity contribution is 5.93. The van der Waals surface area contributed by atoms with Gasteiger partial charge in [-0.05, 0) is 54.8 Å². The summed E-state index contributed by atoms with van der Waals surface area (Å²) in [6.07, 6.45) is 5.92. The first-order valence-corrected chi connectivity index (χ1v) is 7.98. The summed E-state index contributed by atoms with van der Waals surface area (Å²) in [5.74, 6) is -0.388. The van der Waals surface area contributed by atoms with E-state index < -0.39 is 0 Å². The van der Waals surface area contributed by atoms with Crippen LogP contribution in [-0.2, 0) is 6.54 Å². The zero-order valence-corrected chi connectivity index (χ0v) is 13.1. The largest absolute Gasteiger partial charge is 0.382 e. The molecule has 23 heavy (non-hydrogen) atoms. The maximum atomic E-state index is 11.1. The first-order valence-electron chi connectivity index (χ1n) is 7.98. The molecule has 0 bridgehead atoms. The van der Waals surface area contributed by atoms with Crippen molar-refractivity contribution in [2.24, 2.45) is 5.73 Å². The van der Waals surface area contributed by atoms with E-state index in [1.807, 2.05) is 24.5 Å². The number of nitrogens with two attached hydrogens (primary N) is 1. The summed E-state index contributed by atoms with van der Waals surface area (Å²) in [6, 6.07) is 12.0. The Hall–Kier alpha value is -2.40. The number of hydrogen-bond donors (Lipinski definition) is 2. The van der Waals surface area contributed by atoms with Gasteiger partial charge in [0.25, 0.3) is 0 Å². The number of benzene rings is 1. The molecule has 1 saturated heterocycles. The molecule has 1 aliphatic heterocycles. The molecule has 0 unspecified atom stereocenters.